The van der Waals surface area contributed by atoms with Gasteiger partial charge in [0.15, 0.2) is 0 Å². The number of esters is 1. The maximum absolute atomic E-state index is 11.1. The maximum Gasteiger partial charge on any atom is 0.307 e. The predicted octanol–water partition coefficient (Wildman–Crippen LogP) is 2.61. The van der Waals surface area contributed by atoms with E-state index in [1.54, 1.807) is 0 Å². The Balaban J connectivity index is 2.34. The number of nitrogens with one attached hydrogen (secondary N) is 1. The predicted molar refractivity (Wildman–Crippen MR) is 65.6 cm³/mol. The summed E-state index contributed by atoms with van der Waals surface area (Å²) in [5.41, 5.74) is 2.35. The Morgan fingerprint density at radius 1 is 1.38 bits per heavy atom. The van der Waals surface area contributed by atoms with Crippen molar-refractivity contribution in [1.82, 2.24) is 0 Å². The number of anilines is 1. The van der Waals surface area contributed by atoms with Crippen molar-refractivity contribution in [3.05, 3.63) is 29.8 Å². The minimum absolute atomic E-state index is 0.151. The van der Waals surface area contributed by atoms with Crippen LogP contribution in [0.3, 0.4) is 0 Å². The van der Waals surface area contributed by atoms with Crippen molar-refractivity contribution in [1.29, 1.82) is 0 Å². The van der Waals surface area contributed by atoms with Crippen molar-refractivity contribution in [2.75, 3.05) is 18.5 Å². The lowest BCUT2D eigenvalue weighted by Gasteiger charge is -2.07. The third-order valence-electron chi connectivity index (χ3n) is 2.30. The number of carbonyl (C=O) groups excluding carboxylic acids is 1. The van der Waals surface area contributed by atoms with Crippen LogP contribution in [-0.2, 0) is 16.0 Å². The number of rotatable bonds is 6. The zero-order chi connectivity index (χ0) is 11.8. The molecule has 3 heteroatoms. The highest BCUT2D eigenvalue weighted by atomic mass is 16.5. The van der Waals surface area contributed by atoms with Crippen molar-refractivity contribution >= 4 is 11.7 Å². The van der Waals surface area contributed by atoms with E-state index in [0.29, 0.717) is 19.6 Å². The van der Waals surface area contributed by atoms with Gasteiger partial charge in [-0.25, -0.2) is 0 Å². The second kappa shape index (κ2) is 6.88. The first-order valence-electron chi connectivity index (χ1n) is 5.74. The number of carbonyl (C=O) groups is 1. The molecule has 16 heavy (non-hydrogen) atoms. The maximum atomic E-state index is 11.1. The van der Waals surface area contributed by atoms with Crippen LogP contribution in [0.4, 0.5) is 5.69 Å². The van der Waals surface area contributed by atoms with Crippen LogP contribution < -0.4 is 5.32 Å². The average Bonchev–Trinajstić information content (AvgIpc) is 2.30. The summed E-state index contributed by atoms with van der Waals surface area (Å²) in [5.74, 6) is -0.151. The van der Waals surface area contributed by atoms with Crippen molar-refractivity contribution in [3.63, 3.8) is 0 Å². The van der Waals surface area contributed by atoms with E-state index in [-0.39, 0.29) is 5.97 Å². The molecule has 1 aromatic carbocycles. The molecule has 0 aliphatic heterocycles. The van der Waals surface area contributed by atoms with Gasteiger partial charge in [0.05, 0.1) is 13.0 Å². The van der Waals surface area contributed by atoms with Gasteiger partial charge < -0.3 is 10.1 Å². The van der Waals surface area contributed by atoms with E-state index in [2.05, 4.69) is 24.4 Å². The molecule has 0 fully saturated rings. The first-order chi connectivity index (χ1) is 7.76. The van der Waals surface area contributed by atoms with E-state index in [1.807, 2.05) is 19.1 Å². The number of hydrogen-bond donors (Lipinski definition) is 1. The van der Waals surface area contributed by atoms with E-state index >= 15 is 0 Å². The van der Waals surface area contributed by atoms with Crippen LogP contribution in [0, 0.1) is 0 Å². The number of ether oxygens (including phenoxy) is 1. The summed E-state index contributed by atoms with van der Waals surface area (Å²) < 4.78 is 4.85. The average molecular weight is 221 g/mol. The molecule has 0 aliphatic carbocycles. The summed E-state index contributed by atoms with van der Waals surface area (Å²) >= 11 is 0. The Hall–Kier alpha value is -1.51. The lowest BCUT2D eigenvalue weighted by atomic mass is 10.1. The molecule has 0 unspecified atom stereocenters. The van der Waals surface area contributed by atoms with E-state index in [4.69, 9.17) is 4.74 Å². The van der Waals surface area contributed by atoms with Crippen molar-refractivity contribution in [2.24, 2.45) is 0 Å². The molecule has 0 aromatic heterocycles. The quantitative estimate of drug-likeness (QED) is 0.750. The lowest BCUT2D eigenvalue weighted by Crippen LogP contribution is -2.11. The van der Waals surface area contributed by atoms with Crippen molar-refractivity contribution in [3.8, 4) is 0 Å². The first-order valence-corrected chi connectivity index (χ1v) is 5.74. The SMILES string of the molecule is CCOC(=O)CCNc1cccc(CC)c1. The Morgan fingerprint density at radius 3 is 2.88 bits per heavy atom. The van der Waals surface area contributed by atoms with Crippen LogP contribution in [-0.4, -0.2) is 19.1 Å². The summed E-state index contributed by atoms with van der Waals surface area (Å²) in [7, 11) is 0. The van der Waals surface area contributed by atoms with Crippen LogP contribution in [0.15, 0.2) is 24.3 Å². The molecular weight excluding hydrogens is 202 g/mol. The standard InChI is InChI=1S/C13H19NO2/c1-3-11-6-5-7-12(10-11)14-9-8-13(15)16-4-2/h5-7,10,14H,3-4,8-9H2,1-2H3. The lowest BCUT2D eigenvalue weighted by molar-refractivity contribution is -0.142. The molecule has 1 aromatic rings. The second-order valence-electron chi connectivity index (χ2n) is 3.54. The van der Waals surface area contributed by atoms with Gasteiger partial charge in [0.2, 0.25) is 0 Å². The minimum Gasteiger partial charge on any atom is -0.466 e. The largest absolute Gasteiger partial charge is 0.466 e. The summed E-state index contributed by atoms with van der Waals surface area (Å²) in [6, 6.07) is 8.22. The molecule has 0 saturated heterocycles. The molecule has 0 saturated carbocycles. The van der Waals surface area contributed by atoms with E-state index in [9.17, 15) is 4.79 Å². The van der Waals surface area contributed by atoms with Gasteiger partial charge >= 0.3 is 5.97 Å². The zero-order valence-electron chi connectivity index (χ0n) is 9.95. The molecule has 88 valence electrons. The van der Waals surface area contributed by atoms with Crippen molar-refractivity contribution < 1.29 is 9.53 Å². The number of benzene rings is 1. The molecule has 0 aliphatic rings. The van der Waals surface area contributed by atoms with Crippen LogP contribution in [0.25, 0.3) is 0 Å². The van der Waals surface area contributed by atoms with Crippen LogP contribution >= 0.6 is 0 Å². The molecule has 0 heterocycles. The fraction of sp³-hybridized carbons (Fsp3) is 0.462. The summed E-state index contributed by atoms with van der Waals surface area (Å²) in [6.07, 6.45) is 1.43. The molecule has 0 atom stereocenters. The third kappa shape index (κ3) is 4.34. The highest BCUT2D eigenvalue weighted by molar-refractivity contribution is 5.70. The molecular formula is C13H19NO2. The van der Waals surface area contributed by atoms with E-state index in [0.717, 1.165) is 12.1 Å². The highest BCUT2D eigenvalue weighted by Gasteiger charge is 2.00. The number of aryl methyl sites for hydroxylation is 1. The summed E-state index contributed by atoms with van der Waals surface area (Å²) in [6.45, 7) is 5.00. The summed E-state index contributed by atoms with van der Waals surface area (Å²) in [5, 5.41) is 3.21. The Bertz CT molecular complexity index is 336. The van der Waals surface area contributed by atoms with Gasteiger partial charge in [-0.2, -0.15) is 0 Å². The topological polar surface area (TPSA) is 38.3 Å². The van der Waals surface area contributed by atoms with Gasteiger partial charge in [0, 0.05) is 12.2 Å². The van der Waals surface area contributed by atoms with Crippen LogP contribution in [0.2, 0.25) is 0 Å². The molecule has 0 spiro atoms. The van der Waals surface area contributed by atoms with Gasteiger partial charge in [-0.3, -0.25) is 4.79 Å². The van der Waals surface area contributed by atoms with E-state index < -0.39 is 0 Å². The van der Waals surface area contributed by atoms with Crippen LogP contribution in [0.1, 0.15) is 25.8 Å². The highest BCUT2D eigenvalue weighted by Crippen LogP contribution is 2.10. The fourth-order valence-corrected chi connectivity index (χ4v) is 1.44. The Kier molecular flexibility index (Phi) is 5.40. The monoisotopic (exact) mass is 221 g/mol. The van der Waals surface area contributed by atoms with Crippen LogP contribution in [0.5, 0.6) is 0 Å². The van der Waals surface area contributed by atoms with Gasteiger partial charge in [-0.1, -0.05) is 19.1 Å². The molecule has 0 amide bonds. The molecule has 3 nitrogen and oxygen atoms in total. The second-order valence-corrected chi connectivity index (χ2v) is 3.54. The molecule has 1 N–H and O–H groups in total. The smallest absolute Gasteiger partial charge is 0.307 e. The van der Waals surface area contributed by atoms with Crippen molar-refractivity contribution in [2.45, 2.75) is 26.7 Å². The molecule has 0 radical (unpaired) electrons. The molecule has 0 bridgehead atoms. The molecule has 1 rings (SSSR count). The van der Waals surface area contributed by atoms with Gasteiger partial charge in [0.1, 0.15) is 0 Å². The zero-order valence-corrected chi connectivity index (χ0v) is 9.95. The van der Waals surface area contributed by atoms with Gasteiger partial charge in [0.25, 0.3) is 0 Å². The van der Waals surface area contributed by atoms with Gasteiger partial charge in [-0.05, 0) is 31.0 Å². The Morgan fingerprint density at radius 2 is 2.19 bits per heavy atom. The third-order valence-corrected chi connectivity index (χ3v) is 2.30. The number of hydrogen-bond acceptors (Lipinski definition) is 3. The minimum atomic E-state index is -0.151. The Labute approximate surface area is 96.8 Å². The summed E-state index contributed by atoms with van der Waals surface area (Å²) in [4.78, 5) is 11.1. The first kappa shape index (κ1) is 12.6. The van der Waals surface area contributed by atoms with Gasteiger partial charge in [-0.15, -0.1) is 0 Å². The normalized spacial score (nSPS) is 9.88. The van der Waals surface area contributed by atoms with E-state index in [1.165, 1.54) is 5.56 Å². The fourth-order valence-electron chi connectivity index (χ4n) is 1.44.